The number of halogens is 1. The first-order valence-electron chi connectivity index (χ1n) is 4.78. The van der Waals surface area contributed by atoms with Crippen molar-refractivity contribution in [1.29, 1.82) is 0 Å². The Balaban J connectivity index is 2.80. The van der Waals surface area contributed by atoms with Gasteiger partial charge >= 0.3 is 0 Å². The van der Waals surface area contributed by atoms with E-state index in [1.54, 1.807) is 12.1 Å². The summed E-state index contributed by atoms with van der Waals surface area (Å²) in [5.74, 6) is 0.346. The van der Waals surface area contributed by atoms with Gasteiger partial charge in [0.25, 0.3) is 0 Å². The van der Waals surface area contributed by atoms with Crippen LogP contribution in [0.1, 0.15) is 6.92 Å². The predicted octanol–water partition coefficient (Wildman–Crippen LogP) is 1.40. The Bertz CT molecular complexity index is 392. The topological polar surface area (TPSA) is 88.8 Å². The van der Waals surface area contributed by atoms with Crippen molar-refractivity contribution in [3.8, 4) is 0 Å². The Hall–Kier alpha value is -1.75. The zero-order valence-corrected chi connectivity index (χ0v) is 9.70. The van der Waals surface area contributed by atoms with E-state index in [0.29, 0.717) is 17.5 Å². The molecule has 0 amide bonds. The number of hydrogen-bond acceptors (Lipinski definition) is 1. The number of nitrogens with two attached hydrogens (primary N) is 2. The first-order chi connectivity index (χ1) is 7.61. The van der Waals surface area contributed by atoms with Crippen LogP contribution in [-0.4, -0.2) is 18.5 Å². The summed E-state index contributed by atoms with van der Waals surface area (Å²) in [6, 6.07) is 7.16. The minimum atomic E-state index is -0.0336. The molecular formula is C10H14ClN5. The van der Waals surface area contributed by atoms with Crippen molar-refractivity contribution in [1.82, 2.24) is 0 Å². The standard InChI is InChI=1S/C10H14ClN5/c1-2-14-10(16-9(12)13)15-8-5-3-7(11)4-6-8/h3-6H,2H2,1H3,(H5,12,13,14,15,16). The summed E-state index contributed by atoms with van der Waals surface area (Å²) in [4.78, 5) is 7.97. The van der Waals surface area contributed by atoms with E-state index in [1.807, 2.05) is 19.1 Å². The number of hydrogen-bond donors (Lipinski definition) is 3. The van der Waals surface area contributed by atoms with E-state index >= 15 is 0 Å². The molecule has 0 radical (unpaired) electrons. The quantitative estimate of drug-likeness (QED) is 0.538. The summed E-state index contributed by atoms with van der Waals surface area (Å²) in [7, 11) is 0. The van der Waals surface area contributed by atoms with Crippen LogP contribution in [0.2, 0.25) is 5.02 Å². The van der Waals surface area contributed by atoms with Gasteiger partial charge in [0.2, 0.25) is 5.96 Å². The number of guanidine groups is 2. The highest BCUT2D eigenvalue weighted by molar-refractivity contribution is 6.30. The molecule has 0 unspecified atom stereocenters. The van der Waals surface area contributed by atoms with Crippen LogP contribution in [0, 0.1) is 0 Å². The number of nitrogens with one attached hydrogen (secondary N) is 1. The van der Waals surface area contributed by atoms with Gasteiger partial charge in [-0.15, -0.1) is 0 Å². The van der Waals surface area contributed by atoms with Crippen LogP contribution in [-0.2, 0) is 0 Å². The van der Waals surface area contributed by atoms with Crippen molar-refractivity contribution in [3.63, 3.8) is 0 Å². The molecule has 0 aliphatic heterocycles. The molecule has 5 N–H and O–H groups in total. The summed E-state index contributed by atoms with van der Waals surface area (Å²) in [6.45, 7) is 2.48. The largest absolute Gasteiger partial charge is 0.370 e. The lowest BCUT2D eigenvalue weighted by Gasteiger charge is -2.05. The Morgan fingerprint density at radius 3 is 2.44 bits per heavy atom. The molecule has 0 heterocycles. The van der Waals surface area contributed by atoms with E-state index in [-0.39, 0.29) is 5.96 Å². The van der Waals surface area contributed by atoms with Gasteiger partial charge in [-0.1, -0.05) is 11.6 Å². The maximum atomic E-state index is 5.77. The van der Waals surface area contributed by atoms with Gasteiger partial charge in [-0.2, -0.15) is 4.99 Å². The number of aliphatic imine (C=N–C) groups is 2. The molecule has 0 bridgehead atoms. The first kappa shape index (κ1) is 12.3. The van der Waals surface area contributed by atoms with Gasteiger partial charge in [-0.25, -0.2) is 0 Å². The Morgan fingerprint density at radius 1 is 1.31 bits per heavy atom. The second-order valence-corrected chi connectivity index (χ2v) is 3.40. The molecule has 0 saturated carbocycles. The van der Waals surface area contributed by atoms with Crippen LogP contribution in [0.25, 0.3) is 0 Å². The fraction of sp³-hybridized carbons (Fsp3) is 0.200. The van der Waals surface area contributed by atoms with Gasteiger partial charge in [-0.05, 0) is 31.2 Å². The third-order valence-corrected chi connectivity index (χ3v) is 1.90. The summed E-state index contributed by atoms with van der Waals surface area (Å²) in [5, 5.41) is 3.65. The van der Waals surface area contributed by atoms with Crippen molar-refractivity contribution < 1.29 is 0 Å². The fourth-order valence-corrected chi connectivity index (χ4v) is 1.16. The number of rotatable bonds is 2. The Labute approximate surface area is 99.2 Å². The van der Waals surface area contributed by atoms with E-state index in [9.17, 15) is 0 Å². The predicted molar refractivity (Wildman–Crippen MR) is 68.9 cm³/mol. The number of nitrogens with zero attached hydrogens (tertiary/aromatic N) is 2. The van der Waals surface area contributed by atoms with Gasteiger partial charge in [0.15, 0.2) is 5.96 Å². The summed E-state index contributed by atoms with van der Waals surface area (Å²) < 4.78 is 0. The molecule has 1 rings (SSSR count). The van der Waals surface area contributed by atoms with Crippen molar-refractivity contribution >= 4 is 29.2 Å². The van der Waals surface area contributed by atoms with Crippen molar-refractivity contribution in [2.24, 2.45) is 21.5 Å². The van der Waals surface area contributed by atoms with Gasteiger partial charge < -0.3 is 16.8 Å². The molecule has 0 aromatic heterocycles. The van der Waals surface area contributed by atoms with Crippen molar-refractivity contribution in [2.75, 3.05) is 11.9 Å². The maximum Gasteiger partial charge on any atom is 0.225 e. The molecule has 16 heavy (non-hydrogen) atoms. The molecule has 0 aliphatic carbocycles. The molecule has 0 aliphatic rings. The maximum absolute atomic E-state index is 5.77. The van der Waals surface area contributed by atoms with E-state index in [2.05, 4.69) is 15.3 Å². The van der Waals surface area contributed by atoms with Crippen LogP contribution in [0.5, 0.6) is 0 Å². The van der Waals surface area contributed by atoms with E-state index in [4.69, 9.17) is 23.1 Å². The van der Waals surface area contributed by atoms with Crippen LogP contribution in [0.4, 0.5) is 5.69 Å². The van der Waals surface area contributed by atoms with Gasteiger partial charge in [-0.3, -0.25) is 4.99 Å². The lowest BCUT2D eigenvalue weighted by atomic mass is 10.3. The Morgan fingerprint density at radius 2 is 1.94 bits per heavy atom. The van der Waals surface area contributed by atoms with Crippen molar-refractivity contribution in [2.45, 2.75) is 6.92 Å². The minimum absolute atomic E-state index is 0.0336. The average molecular weight is 240 g/mol. The zero-order valence-electron chi connectivity index (χ0n) is 8.94. The molecule has 1 aromatic rings. The lowest BCUT2D eigenvalue weighted by molar-refractivity contribution is 1.12. The first-order valence-corrected chi connectivity index (χ1v) is 5.16. The number of anilines is 1. The highest BCUT2D eigenvalue weighted by atomic mass is 35.5. The fourth-order valence-electron chi connectivity index (χ4n) is 1.04. The molecule has 1 aromatic carbocycles. The third kappa shape index (κ3) is 4.18. The van der Waals surface area contributed by atoms with Gasteiger partial charge in [0, 0.05) is 17.3 Å². The number of benzene rings is 1. The van der Waals surface area contributed by atoms with Gasteiger partial charge in [0.1, 0.15) is 0 Å². The van der Waals surface area contributed by atoms with Crippen LogP contribution in [0.3, 0.4) is 0 Å². The molecule has 0 saturated heterocycles. The molecule has 0 fully saturated rings. The lowest BCUT2D eigenvalue weighted by Crippen LogP contribution is -2.26. The third-order valence-electron chi connectivity index (χ3n) is 1.64. The van der Waals surface area contributed by atoms with Crippen LogP contribution in [0.15, 0.2) is 34.3 Å². The van der Waals surface area contributed by atoms with E-state index < -0.39 is 0 Å². The SMILES string of the molecule is CCN=C(N=C(N)N)Nc1ccc(Cl)cc1. The molecular weight excluding hydrogens is 226 g/mol. The van der Waals surface area contributed by atoms with E-state index in [1.165, 1.54) is 0 Å². The van der Waals surface area contributed by atoms with Gasteiger partial charge in [0.05, 0.1) is 0 Å². The monoisotopic (exact) mass is 239 g/mol. The minimum Gasteiger partial charge on any atom is -0.370 e. The summed E-state index contributed by atoms with van der Waals surface area (Å²) in [5.41, 5.74) is 11.4. The van der Waals surface area contributed by atoms with Crippen molar-refractivity contribution in [3.05, 3.63) is 29.3 Å². The normalized spacial score (nSPS) is 11.0. The van der Waals surface area contributed by atoms with E-state index in [0.717, 1.165) is 5.69 Å². The van der Waals surface area contributed by atoms with Crippen LogP contribution < -0.4 is 16.8 Å². The summed E-state index contributed by atoms with van der Waals surface area (Å²) in [6.07, 6.45) is 0. The zero-order chi connectivity index (χ0) is 12.0. The van der Waals surface area contributed by atoms with Crippen LogP contribution >= 0.6 is 11.6 Å². The average Bonchev–Trinajstić information content (AvgIpc) is 2.21. The molecule has 0 atom stereocenters. The second kappa shape index (κ2) is 5.97. The second-order valence-electron chi connectivity index (χ2n) is 2.97. The summed E-state index contributed by atoms with van der Waals surface area (Å²) >= 11 is 5.77. The smallest absolute Gasteiger partial charge is 0.225 e. The molecule has 5 nitrogen and oxygen atoms in total. The highest BCUT2D eigenvalue weighted by Crippen LogP contribution is 2.13. The highest BCUT2D eigenvalue weighted by Gasteiger charge is 1.98. The molecule has 86 valence electrons. The molecule has 0 spiro atoms. The Kier molecular flexibility index (Phi) is 4.60. The molecule has 6 heteroatoms.